The second kappa shape index (κ2) is 14.9. The molecule has 4 amide bonds. The van der Waals surface area contributed by atoms with Gasteiger partial charge in [0.1, 0.15) is 41.3 Å². The molecule has 53 heavy (non-hydrogen) atoms. The summed E-state index contributed by atoms with van der Waals surface area (Å²) in [6.45, 7) is 17.1. The summed E-state index contributed by atoms with van der Waals surface area (Å²) < 4.78 is 19.1. The Morgan fingerprint density at radius 3 is 2.55 bits per heavy atom. The van der Waals surface area contributed by atoms with Crippen LogP contribution in [0.15, 0.2) is 41.1 Å². The molecule has 284 valence electrons. The van der Waals surface area contributed by atoms with Crippen LogP contribution >= 0.6 is 23.3 Å². The molecule has 3 aromatic heterocycles. The number of anilines is 1. The van der Waals surface area contributed by atoms with Crippen LogP contribution < -0.4 is 15.2 Å². The SMILES string of the molecule is CCO/N=C(\C(=O)NC1C(=O)N2C(C)=C(C[n+]3cccc4c3ncn4CC3CN(C(=O)OC(C)(C)C)C3)CSC12)c1nsc(NC(=O)OC(C)(C)C)n1. The Kier molecular flexibility index (Phi) is 10.7. The fourth-order valence-electron chi connectivity index (χ4n) is 6.03. The number of β-lactam (4-membered cyclic amide) rings is 1. The van der Waals surface area contributed by atoms with Gasteiger partial charge in [-0.25, -0.2) is 14.2 Å². The van der Waals surface area contributed by atoms with Crippen molar-refractivity contribution in [3.8, 4) is 0 Å². The summed E-state index contributed by atoms with van der Waals surface area (Å²) in [7, 11) is 0. The number of aromatic nitrogens is 5. The number of pyridine rings is 1. The molecular weight excluding hydrogens is 725 g/mol. The molecule has 2 atom stereocenters. The zero-order valence-corrected chi connectivity index (χ0v) is 32.7. The van der Waals surface area contributed by atoms with Crippen LogP contribution in [-0.4, -0.2) is 106 Å². The molecule has 0 aliphatic carbocycles. The molecule has 2 N–H and O–H groups in total. The molecule has 0 saturated carbocycles. The van der Waals surface area contributed by atoms with E-state index in [0.29, 0.717) is 31.3 Å². The number of imidazole rings is 1. The number of nitrogens with one attached hydrogen (secondary N) is 2. The highest BCUT2D eigenvalue weighted by Gasteiger charge is 2.52. The minimum Gasteiger partial charge on any atom is -0.444 e. The van der Waals surface area contributed by atoms with E-state index < -0.39 is 29.2 Å². The number of amides is 4. The number of thioether (sulfide) groups is 1. The molecule has 0 bridgehead atoms. The summed E-state index contributed by atoms with van der Waals surface area (Å²) in [4.78, 5) is 69.1. The van der Waals surface area contributed by atoms with Crippen LogP contribution in [0, 0.1) is 5.92 Å². The molecule has 0 aromatic carbocycles. The maximum absolute atomic E-state index is 13.5. The van der Waals surface area contributed by atoms with E-state index in [1.165, 1.54) is 0 Å². The average molecular weight is 770 g/mol. The van der Waals surface area contributed by atoms with Crippen molar-refractivity contribution in [1.29, 1.82) is 0 Å². The molecule has 3 aliphatic heterocycles. The fourth-order valence-corrected chi connectivity index (χ4v) is 8.04. The summed E-state index contributed by atoms with van der Waals surface area (Å²) >= 11 is 2.42. The van der Waals surface area contributed by atoms with E-state index in [4.69, 9.17) is 19.3 Å². The van der Waals surface area contributed by atoms with Crippen molar-refractivity contribution in [3.63, 3.8) is 0 Å². The highest BCUT2D eigenvalue weighted by molar-refractivity contribution is 8.00. The molecule has 17 nitrogen and oxygen atoms in total. The number of oxime groups is 1. The third-order valence-corrected chi connectivity index (χ3v) is 10.4. The van der Waals surface area contributed by atoms with Crippen LogP contribution in [0.25, 0.3) is 11.2 Å². The van der Waals surface area contributed by atoms with Crippen molar-refractivity contribution in [2.75, 3.05) is 30.8 Å². The topological polar surface area (TPSA) is 186 Å². The van der Waals surface area contributed by atoms with E-state index in [2.05, 4.69) is 34.3 Å². The Morgan fingerprint density at radius 1 is 1.11 bits per heavy atom. The molecule has 3 aromatic rings. The van der Waals surface area contributed by atoms with Gasteiger partial charge in [0, 0.05) is 54.1 Å². The van der Waals surface area contributed by atoms with Crippen molar-refractivity contribution in [2.24, 2.45) is 11.1 Å². The van der Waals surface area contributed by atoms with Gasteiger partial charge in [-0.15, -0.1) is 11.8 Å². The molecular formula is C34H45N10O7S2+. The van der Waals surface area contributed by atoms with Crippen molar-refractivity contribution in [1.82, 2.24) is 34.0 Å². The third-order valence-electron chi connectivity index (χ3n) is 8.45. The standard InChI is InChI=1S/C34H44N10O7S2/c1-9-49-39-23(25-37-30(53-40-25)38-31(47)50-33(3,4)5)27(45)36-24-28(46)44-19(2)21(17-52-29(24)44)16-41-12-10-11-22-26(41)35-18-43(22)15-20-13-42(14-20)32(48)51-34(6,7)8/h10-12,18,20,24,29H,9,13-17H2,1-8H3,(H-,36,37,38,40,45,47)/p+1/b39-23-. The Labute approximate surface area is 315 Å². The zero-order valence-electron chi connectivity index (χ0n) is 31.0. The van der Waals surface area contributed by atoms with E-state index in [9.17, 15) is 19.2 Å². The van der Waals surface area contributed by atoms with Gasteiger partial charge in [-0.05, 0) is 72.5 Å². The summed E-state index contributed by atoms with van der Waals surface area (Å²) in [6, 6.07) is 3.22. The van der Waals surface area contributed by atoms with Gasteiger partial charge in [0.05, 0.1) is 6.20 Å². The van der Waals surface area contributed by atoms with Gasteiger partial charge in [0.25, 0.3) is 11.8 Å². The Balaban J connectivity index is 1.08. The van der Waals surface area contributed by atoms with Crippen molar-refractivity contribution in [2.45, 2.75) is 91.1 Å². The molecule has 2 unspecified atom stereocenters. The van der Waals surface area contributed by atoms with E-state index in [1.807, 2.05) is 52.4 Å². The molecule has 0 spiro atoms. The van der Waals surface area contributed by atoms with Gasteiger partial charge >= 0.3 is 17.8 Å². The minimum absolute atomic E-state index is 0.0607. The van der Waals surface area contributed by atoms with Crippen molar-refractivity contribution < 1.29 is 38.1 Å². The number of allylic oxidation sites excluding steroid dienone is 1. The Morgan fingerprint density at radius 2 is 1.85 bits per heavy atom. The molecule has 2 saturated heterocycles. The lowest BCUT2D eigenvalue weighted by Crippen LogP contribution is -2.70. The second-order valence-electron chi connectivity index (χ2n) is 15.0. The number of rotatable bonds is 10. The lowest BCUT2D eigenvalue weighted by molar-refractivity contribution is -0.664. The normalized spacial score (nSPS) is 19.4. The van der Waals surface area contributed by atoms with Gasteiger partial charge in [0.2, 0.25) is 23.0 Å². The van der Waals surface area contributed by atoms with E-state index >= 15 is 0 Å². The zero-order chi connectivity index (χ0) is 38.2. The van der Waals surface area contributed by atoms with Crippen LogP contribution in [0.4, 0.5) is 14.7 Å². The lowest BCUT2D eigenvalue weighted by Gasteiger charge is -2.50. The molecule has 3 aliphatic rings. The summed E-state index contributed by atoms with van der Waals surface area (Å²) in [5.74, 6) is -0.0352. The number of hydrogen-bond donors (Lipinski definition) is 2. The fraction of sp³-hybridized carbons (Fsp3) is 0.559. The predicted molar refractivity (Wildman–Crippen MR) is 197 cm³/mol. The van der Waals surface area contributed by atoms with Crippen molar-refractivity contribution >= 4 is 69.3 Å². The number of nitrogens with zero attached hydrogens (tertiary/aromatic N) is 8. The second-order valence-corrected chi connectivity index (χ2v) is 16.8. The van der Waals surface area contributed by atoms with E-state index in [1.54, 1.807) is 49.3 Å². The van der Waals surface area contributed by atoms with Crippen LogP contribution in [0.3, 0.4) is 0 Å². The Bertz CT molecular complexity index is 1970. The van der Waals surface area contributed by atoms with Gasteiger partial charge in [-0.3, -0.25) is 19.8 Å². The number of likely N-dealkylation sites (tertiary alicyclic amines) is 1. The van der Waals surface area contributed by atoms with Crippen LogP contribution in [-0.2, 0) is 37.0 Å². The largest absolute Gasteiger partial charge is 0.444 e. The number of hydrogen-bond acceptors (Lipinski definition) is 13. The molecule has 6 rings (SSSR count). The number of fused-ring (bicyclic) bond motifs is 2. The van der Waals surface area contributed by atoms with Gasteiger partial charge in [-0.2, -0.15) is 9.36 Å². The van der Waals surface area contributed by atoms with Gasteiger partial charge in [-0.1, -0.05) is 5.16 Å². The lowest BCUT2D eigenvalue weighted by atomic mass is 10.0. The first-order valence-corrected chi connectivity index (χ1v) is 19.1. The number of carbonyl (C=O) groups excluding carboxylic acids is 4. The number of carbonyl (C=O) groups is 4. The molecule has 2 fully saturated rings. The smallest absolute Gasteiger partial charge is 0.414 e. The highest BCUT2D eigenvalue weighted by Crippen LogP contribution is 2.40. The maximum Gasteiger partial charge on any atom is 0.414 e. The average Bonchev–Trinajstić information content (AvgIpc) is 3.67. The van der Waals surface area contributed by atoms with E-state index in [-0.39, 0.29) is 40.6 Å². The Hall–Kier alpha value is -4.78. The van der Waals surface area contributed by atoms with Crippen LogP contribution in [0.2, 0.25) is 0 Å². The van der Waals surface area contributed by atoms with E-state index in [0.717, 1.165) is 40.5 Å². The van der Waals surface area contributed by atoms with Gasteiger partial charge < -0.3 is 29.1 Å². The first kappa shape index (κ1) is 38.0. The first-order chi connectivity index (χ1) is 25.0. The highest BCUT2D eigenvalue weighted by atomic mass is 32.2. The monoisotopic (exact) mass is 769 g/mol. The third kappa shape index (κ3) is 8.56. The summed E-state index contributed by atoms with van der Waals surface area (Å²) in [6.07, 6.45) is 2.81. The summed E-state index contributed by atoms with van der Waals surface area (Å²) in [5, 5.41) is 9.02. The molecule has 6 heterocycles. The maximum atomic E-state index is 13.5. The minimum atomic E-state index is -0.793. The van der Waals surface area contributed by atoms with Crippen LogP contribution in [0.1, 0.15) is 61.2 Å². The quantitative estimate of drug-likeness (QED) is 0.133. The summed E-state index contributed by atoms with van der Waals surface area (Å²) in [5.41, 5.74) is 2.26. The molecule has 19 heteroatoms. The van der Waals surface area contributed by atoms with Crippen LogP contribution in [0.5, 0.6) is 0 Å². The van der Waals surface area contributed by atoms with Gasteiger partial charge in [0.15, 0.2) is 0 Å². The first-order valence-electron chi connectivity index (χ1n) is 17.3. The van der Waals surface area contributed by atoms with Crippen molar-refractivity contribution in [3.05, 3.63) is 41.8 Å². The number of ether oxygens (including phenoxy) is 2. The predicted octanol–water partition coefficient (Wildman–Crippen LogP) is 3.50. The molecule has 0 radical (unpaired) electrons.